The molecular formula is C9H17N3O2. The lowest BCUT2D eigenvalue weighted by molar-refractivity contribution is 0.184. The van der Waals surface area contributed by atoms with Crippen molar-refractivity contribution in [2.75, 3.05) is 19.7 Å². The molecule has 0 aromatic carbocycles. The molecule has 1 heterocycles. The molecule has 1 rings (SSSR count). The summed E-state index contributed by atoms with van der Waals surface area (Å²) in [7, 11) is 0. The summed E-state index contributed by atoms with van der Waals surface area (Å²) in [4.78, 5) is 2.05. The SMILES string of the molecule is CCc1nnc(CN(CC)CCO)o1. The summed E-state index contributed by atoms with van der Waals surface area (Å²) in [5.41, 5.74) is 0. The topological polar surface area (TPSA) is 62.4 Å². The van der Waals surface area contributed by atoms with E-state index in [-0.39, 0.29) is 6.61 Å². The number of nitrogens with zero attached hydrogens (tertiary/aromatic N) is 3. The molecule has 0 aliphatic carbocycles. The average molecular weight is 199 g/mol. The molecule has 0 aliphatic rings. The lowest BCUT2D eigenvalue weighted by Gasteiger charge is -2.15. The number of likely N-dealkylation sites (N-methyl/N-ethyl adjacent to an activating group) is 1. The van der Waals surface area contributed by atoms with Crippen LogP contribution in [0.1, 0.15) is 25.6 Å². The van der Waals surface area contributed by atoms with Crippen molar-refractivity contribution in [3.63, 3.8) is 0 Å². The summed E-state index contributed by atoms with van der Waals surface area (Å²) in [5.74, 6) is 1.29. The number of rotatable bonds is 6. The maximum atomic E-state index is 8.79. The highest BCUT2D eigenvalue weighted by Crippen LogP contribution is 2.03. The molecule has 0 bridgehead atoms. The van der Waals surface area contributed by atoms with Gasteiger partial charge in [-0.3, -0.25) is 4.90 Å². The highest BCUT2D eigenvalue weighted by atomic mass is 16.4. The standard InChI is InChI=1S/C9H17N3O2/c1-3-8-10-11-9(14-8)7-12(4-2)5-6-13/h13H,3-7H2,1-2H3. The fourth-order valence-electron chi connectivity index (χ4n) is 1.18. The summed E-state index contributed by atoms with van der Waals surface area (Å²) in [6.45, 7) is 6.28. The van der Waals surface area contributed by atoms with Crippen LogP contribution in [0.3, 0.4) is 0 Å². The van der Waals surface area contributed by atoms with Crippen molar-refractivity contribution >= 4 is 0 Å². The molecule has 1 N–H and O–H groups in total. The Bertz CT molecular complexity index is 262. The van der Waals surface area contributed by atoms with E-state index in [4.69, 9.17) is 9.52 Å². The molecule has 0 amide bonds. The molecule has 80 valence electrons. The molecule has 0 spiro atoms. The maximum absolute atomic E-state index is 8.79. The van der Waals surface area contributed by atoms with Crippen molar-refractivity contribution in [3.8, 4) is 0 Å². The highest BCUT2D eigenvalue weighted by Gasteiger charge is 2.08. The molecule has 0 fully saturated rings. The van der Waals surface area contributed by atoms with Gasteiger partial charge in [0.05, 0.1) is 13.2 Å². The maximum Gasteiger partial charge on any atom is 0.230 e. The third kappa shape index (κ3) is 3.08. The molecule has 14 heavy (non-hydrogen) atoms. The lowest BCUT2D eigenvalue weighted by atomic mass is 10.4. The molecule has 0 saturated carbocycles. The molecule has 0 unspecified atom stereocenters. The van der Waals surface area contributed by atoms with Gasteiger partial charge in [0.25, 0.3) is 0 Å². The van der Waals surface area contributed by atoms with Crippen LogP contribution in [0.4, 0.5) is 0 Å². The molecule has 5 heteroatoms. The van der Waals surface area contributed by atoms with Crippen molar-refractivity contribution in [3.05, 3.63) is 11.8 Å². The zero-order valence-corrected chi connectivity index (χ0v) is 8.73. The van der Waals surface area contributed by atoms with E-state index in [1.54, 1.807) is 0 Å². The second-order valence-electron chi connectivity index (χ2n) is 3.04. The van der Waals surface area contributed by atoms with E-state index in [9.17, 15) is 0 Å². The van der Waals surface area contributed by atoms with Gasteiger partial charge in [-0.2, -0.15) is 0 Å². The van der Waals surface area contributed by atoms with Gasteiger partial charge in [0, 0.05) is 13.0 Å². The van der Waals surface area contributed by atoms with E-state index in [2.05, 4.69) is 10.2 Å². The quantitative estimate of drug-likeness (QED) is 0.720. The van der Waals surface area contributed by atoms with Gasteiger partial charge >= 0.3 is 0 Å². The molecule has 0 aliphatic heterocycles. The minimum atomic E-state index is 0.155. The molecule has 1 aromatic rings. The van der Waals surface area contributed by atoms with E-state index in [0.29, 0.717) is 24.9 Å². The number of hydrogen-bond donors (Lipinski definition) is 1. The monoisotopic (exact) mass is 199 g/mol. The highest BCUT2D eigenvalue weighted by molar-refractivity contribution is 4.81. The van der Waals surface area contributed by atoms with Crippen LogP contribution in [0, 0.1) is 0 Å². The Morgan fingerprint density at radius 1 is 1.29 bits per heavy atom. The number of aryl methyl sites for hydroxylation is 1. The van der Waals surface area contributed by atoms with Gasteiger partial charge in [-0.05, 0) is 6.54 Å². The Kier molecular flexibility index (Phi) is 4.55. The first-order chi connectivity index (χ1) is 6.80. The number of hydrogen-bond acceptors (Lipinski definition) is 5. The van der Waals surface area contributed by atoms with Gasteiger partial charge in [0.2, 0.25) is 11.8 Å². The summed E-state index contributed by atoms with van der Waals surface area (Å²) in [6, 6.07) is 0. The zero-order chi connectivity index (χ0) is 10.4. The summed E-state index contributed by atoms with van der Waals surface area (Å²) in [6.07, 6.45) is 0.763. The first-order valence-electron chi connectivity index (χ1n) is 4.94. The van der Waals surface area contributed by atoms with Gasteiger partial charge < -0.3 is 9.52 Å². The van der Waals surface area contributed by atoms with Crippen LogP contribution in [0.2, 0.25) is 0 Å². The van der Waals surface area contributed by atoms with Gasteiger partial charge in [0.15, 0.2) is 0 Å². The lowest BCUT2D eigenvalue weighted by Crippen LogP contribution is -2.26. The Morgan fingerprint density at radius 3 is 2.50 bits per heavy atom. The van der Waals surface area contributed by atoms with E-state index in [0.717, 1.165) is 13.0 Å². The first kappa shape index (κ1) is 11.1. The van der Waals surface area contributed by atoms with E-state index in [1.807, 2.05) is 18.7 Å². The Labute approximate surface area is 83.7 Å². The minimum Gasteiger partial charge on any atom is -0.424 e. The number of aromatic nitrogens is 2. The van der Waals surface area contributed by atoms with Crippen molar-refractivity contribution in [1.82, 2.24) is 15.1 Å². The van der Waals surface area contributed by atoms with E-state index < -0.39 is 0 Å². The van der Waals surface area contributed by atoms with Crippen LogP contribution in [-0.4, -0.2) is 39.9 Å². The molecule has 1 aromatic heterocycles. The molecule has 0 saturated heterocycles. The van der Waals surface area contributed by atoms with Crippen LogP contribution in [0.5, 0.6) is 0 Å². The van der Waals surface area contributed by atoms with Crippen LogP contribution in [0.15, 0.2) is 4.42 Å². The predicted molar refractivity (Wildman–Crippen MR) is 51.7 cm³/mol. The Morgan fingerprint density at radius 2 is 2.00 bits per heavy atom. The van der Waals surface area contributed by atoms with Crippen LogP contribution in [-0.2, 0) is 13.0 Å². The molecule has 0 atom stereocenters. The first-order valence-corrected chi connectivity index (χ1v) is 4.94. The summed E-state index contributed by atoms with van der Waals surface area (Å²) in [5, 5.41) is 16.6. The van der Waals surface area contributed by atoms with Gasteiger partial charge in [-0.1, -0.05) is 13.8 Å². The smallest absolute Gasteiger partial charge is 0.230 e. The summed E-state index contributed by atoms with van der Waals surface area (Å²) >= 11 is 0. The third-order valence-corrected chi connectivity index (χ3v) is 2.03. The molecule has 0 radical (unpaired) electrons. The third-order valence-electron chi connectivity index (χ3n) is 2.03. The Hall–Kier alpha value is -0.940. The van der Waals surface area contributed by atoms with Gasteiger partial charge in [-0.25, -0.2) is 0 Å². The van der Waals surface area contributed by atoms with Crippen LogP contribution < -0.4 is 0 Å². The molecular weight excluding hydrogens is 182 g/mol. The van der Waals surface area contributed by atoms with E-state index in [1.165, 1.54) is 0 Å². The Balaban J connectivity index is 2.48. The predicted octanol–water partition coefficient (Wildman–Crippen LogP) is 0.446. The van der Waals surface area contributed by atoms with Crippen molar-refractivity contribution < 1.29 is 9.52 Å². The van der Waals surface area contributed by atoms with Crippen molar-refractivity contribution in [2.24, 2.45) is 0 Å². The van der Waals surface area contributed by atoms with Gasteiger partial charge in [0.1, 0.15) is 0 Å². The van der Waals surface area contributed by atoms with Gasteiger partial charge in [-0.15, -0.1) is 10.2 Å². The largest absolute Gasteiger partial charge is 0.424 e. The fraction of sp³-hybridized carbons (Fsp3) is 0.778. The second kappa shape index (κ2) is 5.72. The minimum absolute atomic E-state index is 0.155. The van der Waals surface area contributed by atoms with Crippen LogP contribution in [0.25, 0.3) is 0 Å². The van der Waals surface area contributed by atoms with Crippen LogP contribution >= 0.6 is 0 Å². The normalized spacial score (nSPS) is 11.1. The average Bonchev–Trinajstić information content (AvgIpc) is 2.65. The summed E-state index contributed by atoms with van der Waals surface area (Å²) < 4.78 is 5.37. The van der Waals surface area contributed by atoms with Crippen molar-refractivity contribution in [1.29, 1.82) is 0 Å². The number of aliphatic hydroxyl groups excluding tert-OH is 1. The van der Waals surface area contributed by atoms with Crippen molar-refractivity contribution in [2.45, 2.75) is 26.8 Å². The zero-order valence-electron chi connectivity index (χ0n) is 8.73. The number of aliphatic hydroxyl groups is 1. The molecule has 5 nitrogen and oxygen atoms in total. The fourth-order valence-corrected chi connectivity index (χ4v) is 1.18. The second-order valence-corrected chi connectivity index (χ2v) is 3.04. The van der Waals surface area contributed by atoms with E-state index >= 15 is 0 Å².